The summed E-state index contributed by atoms with van der Waals surface area (Å²) < 4.78 is 5.50. The Balaban J connectivity index is 1.56. The molecular weight excluding hydrogens is 260 g/mol. The normalized spacial score (nSPS) is 29.1. The Morgan fingerprint density at radius 3 is 2.75 bits per heavy atom. The van der Waals surface area contributed by atoms with Gasteiger partial charge in [-0.1, -0.05) is 0 Å². The maximum atomic E-state index is 11.9. The molecule has 20 heavy (non-hydrogen) atoms. The van der Waals surface area contributed by atoms with E-state index in [9.17, 15) is 9.59 Å². The Morgan fingerprint density at radius 1 is 1.40 bits per heavy atom. The van der Waals surface area contributed by atoms with Gasteiger partial charge in [0.15, 0.2) is 0 Å². The molecule has 0 aromatic carbocycles. The van der Waals surface area contributed by atoms with Crippen LogP contribution < -0.4 is 5.32 Å². The minimum absolute atomic E-state index is 0.130. The number of amides is 2. The lowest BCUT2D eigenvalue weighted by molar-refractivity contribution is -0.141. The summed E-state index contributed by atoms with van der Waals surface area (Å²) in [6.45, 7) is 4.31. The van der Waals surface area contributed by atoms with Crippen LogP contribution in [0.25, 0.3) is 0 Å². The summed E-state index contributed by atoms with van der Waals surface area (Å²) in [5.74, 6) is -0.562. The number of carbonyl (C=O) groups excluding carboxylic acids is 1. The second-order valence-corrected chi connectivity index (χ2v) is 5.71. The maximum absolute atomic E-state index is 11.9. The zero-order valence-corrected chi connectivity index (χ0v) is 12.0. The van der Waals surface area contributed by atoms with Crippen LogP contribution in [0.2, 0.25) is 0 Å². The second-order valence-electron chi connectivity index (χ2n) is 5.71. The summed E-state index contributed by atoms with van der Waals surface area (Å²) in [7, 11) is 0. The molecule has 1 aliphatic carbocycles. The molecule has 2 N–H and O–H groups in total. The number of hydrogen-bond acceptors (Lipinski definition) is 3. The molecule has 1 aliphatic heterocycles. The number of rotatable bonds is 6. The second kappa shape index (κ2) is 6.92. The van der Waals surface area contributed by atoms with Gasteiger partial charge in [-0.2, -0.15) is 0 Å². The number of hydrogen-bond donors (Lipinski definition) is 2. The SMILES string of the molecule is CCOC1CC(CCNC(=O)N2CCC(C(=O)O)C2)C1. The van der Waals surface area contributed by atoms with Gasteiger partial charge in [0.05, 0.1) is 12.0 Å². The Kier molecular flexibility index (Phi) is 5.23. The minimum Gasteiger partial charge on any atom is -0.481 e. The standard InChI is InChI=1S/C14H24N2O4/c1-2-20-12-7-10(8-12)3-5-15-14(19)16-6-4-11(9-16)13(17)18/h10-12H,2-9H2,1H3,(H,15,19)(H,17,18). The third-order valence-electron chi connectivity index (χ3n) is 4.25. The number of urea groups is 1. The van der Waals surface area contributed by atoms with Crippen LogP contribution >= 0.6 is 0 Å². The highest BCUT2D eigenvalue weighted by Gasteiger charge is 2.31. The largest absolute Gasteiger partial charge is 0.481 e. The highest BCUT2D eigenvalue weighted by atomic mass is 16.5. The number of carboxylic acid groups (broad SMARTS) is 1. The van der Waals surface area contributed by atoms with Gasteiger partial charge in [0.25, 0.3) is 0 Å². The van der Waals surface area contributed by atoms with Crippen LogP contribution in [0.15, 0.2) is 0 Å². The van der Waals surface area contributed by atoms with Crippen LogP contribution in [0.4, 0.5) is 4.79 Å². The van der Waals surface area contributed by atoms with Crippen molar-refractivity contribution in [2.24, 2.45) is 11.8 Å². The Labute approximate surface area is 119 Å². The molecule has 114 valence electrons. The molecule has 1 saturated carbocycles. The molecule has 6 heteroatoms. The average Bonchev–Trinajstić information content (AvgIpc) is 2.85. The van der Waals surface area contributed by atoms with Gasteiger partial charge < -0.3 is 20.1 Å². The lowest BCUT2D eigenvalue weighted by Gasteiger charge is -2.35. The molecule has 1 saturated heterocycles. The number of likely N-dealkylation sites (tertiary alicyclic amines) is 1. The van der Waals surface area contributed by atoms with Gasteiger partial charge in [-0.3, -0.25) is 4.79 Å². The Bertz CT molecular complexity index is 355. The molecule has 2 rings (SSSR count). The van der Waals surface area contributed by atoms with Crippen LogP contribution in [0, 0.1) is 11.8 Å². The number of aliphatic carboxylic acids is 1. The van der Waals surface area contributed by atoms with Crippen molar-refractivity contribution in [3.63, 3.8) is 0 Å². The number of nitrogens with one attached hydrogen (secondary N) is 1. The number of carboxylic acids is 1. The van der Waals surface area contributed by atoms with Crippen molar-refractivity contribution in [2.45, 2.75) is 38.7 Å². The smallest absolute Gasteiger partial charge is 0.317 e. The topological polar surface area (TPSA) is 78.9 Å². The van der Waals surface area contributed by atoms with Crippen molar-refractivity contribution in [3.8, 4) is 0 Å². The van der Waals surface area contributed by atoms with Crippen molar-refractivity contribution in [1.29, 1.82) is 0 Å². The molecule has 0 radical (unpaired) electrons. The predicted octanol–water partition coefficient (Wildman–Crippen LogP) is 1.31. The minimum atomic E-state index is -0.809. The zero-order chi connectivity index (χ0) is 14.5. The fourth-order valence-corrected chi connectivity index (χ4v) is 2.92. The van der Waals surface area contributed by atoms with Crippen molar-refractivity contribution in [3.05, 3.63) is 0 Å². The third-order valence-corrected chi connectivity index (χ3v) is 4.25. The summed E-state index contributed by atoms with van der Waals surface area (Å²) >= 11 is 0. The molecule has 2 aliphatic rings. The third kappa shape index (κ3) is 3.85. The van der Waals surface area contributed by atoms with Gasteiger partial charge in [0, 0.05) is 26.2 Å². The van der Waals surface area contributed by atoms with E-state index in [1.165, 1.54) is 0 Å². The molecule has 0 bridgehead atoms. The average molecular weight is 284 g/mol. The molecule has 2 fully saturated rings. The molecule has 1 atom stereocenters. The molecule has 1 unspecified atom stereocenters. The highest BCUT2D eigenvalue weighted by molar-refractivity contribution is 5.77. The van der Waals surface area contributed by atoms with Gasteiger partial charge in [-0.25, -0.2) is 4.79 Å². The first-order chi connectivity index (χ1) is 9.60. The Hall–Kier alpha value is -1.30. The molecule has 0 aromatic rings. The van der Waals surface area contributed by atoms with Crippen LogP contribution in [0.3, 0.4) is 0 Å². The number of carbonyl (C=O) groups is 2. The van der Waals surface area contributed by atoms with Crippen molar-refractivity contribution >= 4 is 12.0 Å². The fourth-order valence-electron chi connectivity index (χ4n) is 2.92. The first-order valence-electron chi connectivity index (χ1n) is 7.47. The fraction of sp³-hybridized carbons (Fsp3) is 0.857. The van der Waals surface area contributed by atoms with E-state index in [-0.39, 0.29) is 6.03 Å². The monoisotopic (exact) mass is 284 g/mol. The molecule has 0 spiro atoms. The van der Waals surface area contributed by atoms with Crippen LogP contribution in [0.1, 0.15) is 32.6 Å². The van der Waals surface area contributed by atoms with Crippen molar-refractivity contribution in [1.82, 2.24) is 10.2 Å². The van der Waals surface area contributed by atoms with Crippen molar-refractivity contribution < 1.29 is 19.4 Å². The predicted molar refractivity (Wildman–Crippen MR) is 73.5 cm³/mol. The van der Waals surface area contributed by atoms with E-state index in [2.05, 4.69) is 5.32 Å². The lowest BCUT2D eigenvalue weighted by Crippen LogP contribution is -2.41. The summed E-state index contributed by atoms with van der Waals surface area (Å²) in [4.78, 5) is 24.3. The van der Waals surface area contributed by atoms with E-state index in [0.717, 1.165) is 25.9 Å². The summed E-state index contributed by atoms with van der Waals surface area (Å²) in [6.07, 6.45) is 4.13. The van der Waals surface area contributed by atoms with Gasteiger partial charge >= 0.3 is 12.0 Å². The van der Waals surface area contributed by atoms with E-state index in [4.69, 9.17) is 9.84 Å². The van der Waals surface area contributed by atoms with E-state index in [1.807, 2.05) is 6.92 Å². The van der Waals surface area contributed by atoms with Gasteiger partial charge in [0.1, 0.15) is 0 Å². The number of ether oxygens (including phenoxy) is 1. The quantitative estimate of drug-likeness (QED) is 0.770. The lowest BCUT2D eigenvalue weighted by atomic mass is 9.80. The van der Waals surface area contributed by atoms with E-state index in [1.54, 1.807) is 4.90 Å². The van der Waals surface area contributed by atoms with E-state index in [0.29, 0.717) is 38.1 Å². The highest BCUT2D eigenvalue weighted by Crippen LogP contribution is 2.32. The molecule has 0 aromatic heterocycles. The van der Waals surface area contributed by atoms with Gasteiger partial charge in [0.2, 0.25) is 0 Å². The summed E-state index contributed by atoms with van der Waals surface area (Å²) in [6, 6.07) is -0.130. The molecule has 1 heterocycles. The maximum Gasteiger partial charge on any atom is 0.317 e. The number of nitrogens with zero attached hydrogens (tertiary/aromatic N) is 1. The Morgan fingerprint density at radius 2 is 2.15 bits per heavy atom. The zero-order valence-electron chi connectivity index (χ0n) is 12.0. The van der Waals surface area contributed by atoms with E-state index >= 15 is 0 Å². The summed E-state index contributed by atoms with van der Waals surface area (Å²) in [5.41, 5.74) is 0. The van der Waals surface area contributed by atoms with Gasteiger partial charge in [-0.05, 0) is 38.5 Å². The summed E-state index contributed by atoms with van der Waals surface area (Å²) in [5, 5.41) is 11.8. The first kappa shape index (κ1) is 15.1. The molecule has 2 amide bonds. The van der Waals surface area contributed by atoms with Crippen molar-refractivity contribution in [2.75, 3.05) is 26.2 Å². The molecular formula is C14H24N2O4. The van der Waals surface area contributed by atoms with Crippen LogP contribution in [-0.2, 0) is 9.53 Å². The molecule has 6 nitrogen and oxygen atoms in total. The first-order valence-corrected chi connectivity index (χ1v) is 7.47. The van der Waals surface area contributed by atoms with Crippen LogP contribution in [0.5, 0.6) is 0 Å². The van der Waals surface area contributed by atoms with E-state index < -0.39 is 11.9 Å². The van der Waals surface area contributed by atoms with Crippen LogP contribution in [-0.4, -0.2) is 54.4 Å². The van der Waals surface area contributed by atoms with Gasteiger partial charge in [-0.15, -0.1) is 0 Å².